The predicted octanol–water partition coefficient (Wildman–Crippen LogP) is 5.87. The van der Waals surface area contributed by atoms with E-state index in [1.54, 1.807) is 0 Å². The van der Waals surface area contributed by atoms with Gasteiger partial charge in [-0.3, -0.25) is 4.79 Å². The maximum atomic E-state index is 13.0. The van der Waals surface area contributed by atoms with Gasteiger partial charge in [0.1, 0.15) is 18.2 Å². The molecule has 1 atom stereocenters. The Hall–Kier alpha value is -3.60. The summed E-state index contributed by atoms with van der Waals surface area (Å²) in [6.07, 6.45) is 0.466. The maximum Gasteiger partial charge on any atom is 0.227 e. The molecule has 5 rings (SSSR count). The van der Waals surface area contributed by atoms with Crippen LogP contribution in [0.4, 0.5) is 5.69 Å². The van der Waals surface area contributed by atoms with Crippen molar-refractivity contribution in [3.05, 3.63) is 88.7 Å². The Kier molecular flexibility index (Phi) is 5.86. The molecule has 0 N–H and O–H groups in total. The molecule has 1 fully saturated rings. The lowest BCUT2D eigenvalue weighted by Crippen LogP contribution is -2.24. The summed E-state index contributed by atoms with van der Waals surface area (Å²) in [5.74, 6) is 2.07. The molecule has 1 saturated heterocycles. The fourth-order valence-corrected chi connectivity index (χ4v) is 4.87. The van der Waals surface area contributed by atoms with Crippen molar-refractivity contribution < 1.29 is 9.53 Å². The molecule has 3 aromatic carbocycles. The summed E-state index contributed by atoms with van der Waals surface area (Å²) < 4.78 is 8.38. The Labute approximate surface area is 201 Å². The van der Waals surface area contributed by atoms with Crippen LogP contribution in [0.15, 0.2) is 60.7 Å². The smallest absolute Gasteiger partial charge is 0.227 e. The zero-order chi connectivity index (χ0) is 23.8. The zero-order valence-electron chi connectivity index (χ0n) is 20.3. The van der Waals surface area contributed by atoms with Crippen LogP contribution in [0, 0.1) is 27.7 Å². The van der Waals surface area contributed by atoms with Crippen LogP contribution in [0.1, 0.15) is 40.4 Å². The number of aromatic nitrogens is 2. The second kappa shape index (κ2) is 8.98. The van der Waals surface area contributed by atoms with E-state index in [0.717, 1.165) is 33.9 Å². The normalized spacial score (nSPS) is 15.9. The van der Waals surface area contributed by atoms with Gasteiger partial charge in [0.05, 0.1) is 17.6 Å². The number of para-hydroxylation sites is 2. The lowest BCUT2D eigenvalue weighted by Gasteiger charge is -2.19. The minimum absolute atomic E-state index is 0.0441. The van der Waals surface area contributed by atoms with Crippen LogP contribution in [-0.2, 0) is 11.3 Å². The zero-order valence-corrected chi connectivity index (χ0v) is 20.3. The molecular weight excluding hydrogens is 422 g/mol. The number of carbonyl (C=O) groups excluding carboxylic acids is 1. The van der Waals surface area contributed by atoms with Crippen LogP contribution in [0.2, 0.25) is 0 Å². The molecule has 174 valence electrons. The van der Waals surface area contributed by atoms with E-state index in [-0.39, 0.29) is 11.8 Å². The molecule has 0 aliphatic carbocycles. The third kappa shape index (κ3) is 4.18. The Morgan fingerprint density at radius 1 is 0.941 bits per heavy atom. The third-order valence-electron chi connectivity index (χ3n) is 6.88. The van der Waals surface area contributed by atoms with Crippen molar-refractivity contribution in [2.45, 2.75) is 46.6 Å². The fraction of sp³-hybridized carbons (Fsp3) is 0.310. The van der Waals surface area contributed by atoms with E-state index in [4.69, 9.17) is 9.72 Å². The fourth-order valence-electron chi connectivity index (χ4n) is 4.87. The highest BCUT2D eigenvalue weighted by Crippen LogP contribution is 2.34. The third-order valence-corrected chi connectivity index (χ3v) is 6.88. The highest BCUT2D eigenvalue weighted by molar-refractivity contribution is 5.96. The van der Waals surface area contributed by atoms with Gasteiger partial charge in [-0.25, -0.2) is 4.98 Å². The Bertz CT molecular complexity index is 1370. The van der Waals surface area contributed by atoms with Gasteiger partial charge in [-0.05, 0) is 74.7 Å². The van der Waals surface area contributed by atoms with Crippen molar-refractivity contribution in [3.63, 3.8) is 0 Å². The first-order valence-corrected chi connectivity index (χ1v) is 11.9. The number of imidazole rings is 1. The number of ether oxygens (including phenoxy) is 1. The molecule has 0 spiro atoms. The summed E-state index contributed by atoms with van der Waals surface area (Å²) in [6, 6.07) is 20.7. The van der Waals surface area contributed by atoms with E-state index in [9.17, 15) is 4.79 Å². The molecule has 0 saturated carbocycles. The second-order valence-corrected chi connectivity index (χ2v) is 9.40. The number of anilines is 1. The van der Waals surface area contributed by atoms with E-state index in [0.29, 0.717) is 26.1 Å². The van der Waals surface area contributed by atoms with Crippen molar-refractivity contribution in [3.8, 4) is 5.75 Å². The van der Waals surface area contributed by atoms with Crippen molar-refractivity contribution in [1.29, 1.82) is 0 Å². The highest BCUT2D eigenvalue weighted by atomic mass is 16.5. The molecule has 5 nitrogen and oxygen atoms in total. The SMILES string of the molecule is Cc1ccc(OCCn2c(C3CC(=O)N(c4ccc(C)c(C)c4)C3)nc3ccccc32)c(C)c1. The lowest BCUT2D eigenvalue weighted by molar-refractivity contribution is -0.117. The number of fused-ring (bicyclic) bond motifs is 1. The Morgan fingerprint density at radius 2 is 1.76 bits per heavy atom. The second-order valence-electron chi connectivity index (χ2n) is 9.40. The number of hydrogen-bond acceptors (Lipinski definition) is 3. The highest BCUT2D eigenvalue weighted by Gasteiger charge is 2.35. The van der Waals surface area contributed by atoms with Crippen LogP contribution < -0.4 is 9.64 Å². The van der Waals surface area contributed by atoms with Crippen LogP contribution in [0.25, 0.3) is 11.0 Å². The van der Waals surface area contributed by atoms with Crippen molar-refractivity contribution in [2.75, 3.05) is 18.1 Å². The summed E-state index contributed by atoms with van der Waals surface area (Å²) in [7, 11) is 0. The van der Waals surface area contributed by atoms with E-state index < -0.39 is 0 Å². The monoisotopic (exact) mass is 453 g/mol. The molecule has 0 radical (unpaired) electrons. The molecule has 1 aliphatic heterocycles. The number of hydrogen-bond donors (Lipinski definition) is 0. The minimum atomic E-state index is 0.0441. The molecule has 1 unspecified atom stereocenters. The molecule has 34 heavy (non-hydrogen) atoms. The van der Waals surface area contributed by atoms with Gasteiger partial charge in [0.15, 0.2) is 0 Å². The van der Waals surface area contributed by atoms with E-state index in [1.165, 1.54) is 16.7 Å². The van der Waals surface area contributed by atoms with Crippen molar-refractivity contribution in [2.24, 2.45) is 0 Å². The number of nitrogens with zero attached hydrogens (tertiary/aromatic N) is 3. The maximum absolute atomic E-state index is 13.0. The van der Waals surface area contributed by atoms with Gasteiger partial charge in [-0.2, -0.15) is 0 Å². The van der Waals surface area contributed by atoms with E-state index in [1.807, 2.05) is 35.2 Å². The molecule has 4 aromatic rings. The summed E-state index contributed by atoms with van der Waals surface area (Å²) >= 11 is 0. The number of rotatable bonds is 6. The first-order chi connectivity index (χ1) is 16.4. The van der Waals surface area contributed by atoms with Crippen LogP contribution in [0.3, 0.4) is 0 Å². The van der Waals surface area contributed by atoms with Crippen LogP contribution in [-0.4, -0.2) is 28.6 Å². The number of aryl methyl sites for hydroxylation is 4. The molecule has 0 bridgehead atoms. The van der Waals surface area contributed by atoms with Gasteiger partial charge in [0.2, 0.25) is 5.91 Å². The topological polar surface area (TPSA) is 47.4 Å². The average Bonchev–Trinajstić information content (AvgIpc) is 3.38. The molecule has 1 aliphatic rings. The minimum Gasteiger partial charge on any atom is -0.491 e. The van der Waals surface area contributed by atoms with E-state index in [2.05, 4.69) is 62.6 Å². The van der Waals surface area contributed by atoms with E-state index >= 15 is 0 Å². The predicted molar refractivity (Wildman–Crippen MR) is 137 cm³/mol. The summed E-state index contributed by atoms with van der Waals surface area (Å²) in [6.45, 7) is 10.2. The number of amides is 1. The standard InChI is InChI=1S/C29H31N3O2/c1-19-9-12-27(22(4)15-19)34-14-13-31-26-8-6-5-7-25(26)30-29(31)23-17-28(33)32(18-23)24-11-10-20(2)21(3)16-24/h5-12,15-16,23H,13-14,17-18H2,1-4H3. The van der Waals surface area contributed by atoms with Gasteiger partial charge in [-0.1, -0.05) is 35.9 Å². The Morgan fingerprint density at radius 3 is 2.56 bits per heavy atom. The van der Waals surface area contributed by atoms with Gasteiger partial charge >= 0.3 is 0 Å². The first-order valence-electron chi connectivity index (χ1n) is 11.9. The molecule has 5 heteroatoms. The molecule has 2 heterocycles. The molecule has 1 aromatic heterocycles. The van der Waals surface area contributed by atoms with Gasteiger partial charge in [-0.15, -0.1) is 0 Å². The summed E-state index contributed by atoms with van der Waals surface area (Å²) in [5.41, 5.74) is 7.81. The molecule has 1 amide bonds. The Balaban J connectivity index is 1.40. The first kappa shape index (κ1) is 22.2. The van der Waals surface area contributed by atoms with Crippen LogP contribution >= 0.6 is 0 Å². The van der Waals surface area contributed by atoms with Crippen molar-refractivity contribution >= 4 is 22.6 Å². The van der Waals surface area contributed by atoms with Gasteiger partial charge in [0, 0.05) is 24.6 Å². The molecular formula is C29H31N3O2. The summed E-state index contributed by atoms with van der Waals surface area (Å²) in [4.78, 5) is 19.9. The average molecular weight is 454 g/mol. The lowest BCUT2D eigenvalue weighted by atomic mass is 10.1. The van der Waals surface area contributed by atoms with Crippen LogP contribution in [0.5, 0.6) is 5.75 Å². The number of carbonyl (C=O) groups is 1. The largest absolute Gasteiger partial charge is 0.491 e. The van der Waals surface area contributed by atoms with Gasteiger partial charge in [0.25, 0.3) is 0 Å². The number of benzene rings is 3. The summed E-state index contributed by atoms with van der Waals surface area (Å²) in [5, 5.41) is 0. The quantitative estimate of drug-likeness (QED) is 0.367. The van der Waals surface area contributed by atoms with Gasteiger partial charge < -0.3 is 14.2 Å². The van der Waals surface area contributed by atoms with Crippen molar-refractivity contribution in [1.82, 2.24) is 9.55 Å².